The van der Waals surface area contributed by atoms with Gasteiger partial charge in [-0.1, -0.05) is 22.8 Å². The molecule has 0 atom stereocenters. The van der Waals surface area contributed by atoms with Crippen molar-refractivity contribution in [1.82, 2.24) is 9.72 Å². The SMILES string of the molecule is Cc1onc(-c2c(F)cccc2Cl)c1C(=O)N=c1sccn1C. The van der Waals surface area contributed by atoms with Crippen LogP contribution in [-0.4, -0.2) is 15.6 Å². The number of benzene rings is 1. The van der Waals surface area contributed by atoms with Crippen molar-refractivity contribution in [3.8, 4) is 11.3 Å². The lowest BCUT2D eigenvalue weighted by Gasteiger charge is -2.03. The number of hydrogen-bond donors (Lipinski definition) is 0. The van der Waals surface area contributed by atoms with Crippen molar-refractivity contribution in [3.05, 3.63) is 56.7 Å². The maximum atomic E-state index is 14.1. The standard InChI is InChI=1S/C15H11ClFN3O2S/c1-8-11(14(21)18-15-20(2)6-7-23-15)13(19-22-8)12-9(16)4-3-5-10(12)17/h3-7H,1-2H3. The number of aromatic nitrogens is 2. The second-order valence-corrected chi connectivity index (χ2v) is 6.05. The Balaban J connectivity index is 2.17. The Hall–Kier alpha value is -2.25. The Kier molecular flexibility index (Phi) is 4.14. The normalized spacial score (nSPS) is 11.9. The number of carbonyl (C=O) groups excluding carboxylic acids is 1. The first kappa shape index (κ1) is 15.6. The fraction of sp³-hybridized carbons (Fsp3) is 0.133. The molecule has 2 heterocycles. The largest absolute Gasteiger partial charge is 0.360 e. The van der Waals surface area contributed by atoms with Crippen molar-refractivity contribution in [1.29, 1.82) is 0 Å². The minimum atomic E-state index is -0.582. The molecule has 2 aromatic heterocycles. The summed E-state index contributed by atoms with van der Waals surface area (Å²) in [5.41, 5.74) is 0.184. The molecular formula is C15H11ClFN3O2S. The number of nitrogens with zero attached hydrogens (tertiary/aromatic N) is 3. The molecule has 0 saturated carbocycles. The van der Waals surface area contributed by atoms with Gasteiger partial charge in [0.2, 0.25) is 0 Å². The summed E-state index contributed by atoms with van der Waals surface area (Å²) >= 11 is 7.37. The highest BCUT2D eigenvalue weighted by Crippen LogP contribution is 2.33. The van der Waals surface area contributed by atoms with E-state index in [0.29, 0.717) is 4.80 Å². The van der Waals surface area contributed by atoms with Gasteiger partial charge in [0.05, 0.1) is 10.6 Å². The Labute approximate surface area is 139 Å². The molecule has 0 aliphatic carbocycles. The Morgan fingerprint density at radius 3 is 2.91 bits per heavy atom. The van der Waals surface area contributed by atoms with Gasteiger partial charge in [-0.15, -0.1) is 11.3 Å². The van der Waals surface area contributed by atoms with E-state index in [1.807, 2.05) is 0 Å². The van der Waals surface area contributed by atoms with Crippen molar-refractivity contribution in [2.75, 3.05) is 0 Å². The van der Waals surface area contributed by atoms with E-state index >= 15 is 0 Å². The fourth-order valence-corrected chi connectivity index (χ4v) is 3.08. The fourth-order valence-electron chi connectivity index (χ4n) is 2.10. The minimum absolute atomic E-state index is 0.0279. The second kappa shape index (κ2) is 6.10. The van der Waals surface area contributed by atoms with Gasteiger partial charge in [0.25, 0.3) is 5.91 Å². The molecule has 5 nitrogen and oxygen atoms in total. The summed E-state index contributed by atoms with van der Waals surface area (Å²) in [7, 11) is 1.78. The lowest BCUT2D eigenvalue weighted by molar-refractivity contribution is 0.0997. The molecule has 3 aromatic rings. The van der Waals surface area contributed by atoms with Crippen molar-refractivity contribution in [2.24, 2.45) is 12.0 Å². The van der Waals surface area contributed by atoms with Crippen molar-refractivity contribution in [2.45, 2.75) is 6.92 Å². The monoisotopic (exact) mass is 351 g/mol. The topological polar surface area (TPSA) is 60.4 Å². The third kappa shape index (κ3) is 2.85. The highest BCUT2D eigenvalue weighted by atomic mass is 35.5. The molecule has 0 bridgehead atoms. The van der Waals surface area contributed by atoms with E-state index in [2.05, 4.69) is 10.1 Å². The van der Waals surface area contributed by atoms with E-state index in [1.54, 1.807) is 30.1 Å². The summed E-state index contributed by atoms with van der Waals surface area (Å²) < 4.78 is 20.9. The summed E-state index contributed by atoms with van der Waals surface area (Å²) in [4.78, 5) is 17.1. The molecule has 0 N–H and O–H groups in total. The predicted molar refractivity (Wildman–Crippen MR) is 84.8 cm³/mol. The third-order valence-electron chi connectivity index (χ3n) is 3.23. The van der Waals surface area contributed by atoms with Crippen LogP contribution in [-0.2, 0) is 7.05 Å². The van der Waals surface area contributed by atoms with Gasteiger partial charge in [-0.3, -0.25) is 4.79 Å². The summed E-state index contributed by atoms with van der Waals surface area (Å²) in [6.07, 6.45) is 1.78. The lowest BCUT2D eigenvalue weighted by atomic mass is 10.1. The quantitative estimate of drug-likeness (QED) is 0.709. The van der Waals surface area contributed by atoms with Crippen LogP contribution in [0.3, 0.4) is 0 Å². The third-order valence-corrected chi connectivity index (χ3v) is 4.40. The van der Waals surface area contributed by atoms with Gasteiger partial charge < -0.3 is 9.09 Å². The Bertz CT molecular complexity index is 938. The average Bonchev–Trinajstić information content (AvgIpc) is 3.06. The van der Waals surface area contributed by atoms with Gasteiger partial charge in [-0.25, -0.2) is 4.39 Å². The summed E-state index contributed by atoms with van der Waals surface area (Å²) in [6.45, 7) is 1.57. The smallest absolute Gasteiger partial charge is 0.285 e. The minimum Gasteiger partial charge on any atom is -0.360 e. The van der Waals surface area contributed by atoms with Gasteiger partial charge in [-0.2, -0.15) is 4.99 Å². The number of hydrogen-bond acceptors (Lipinski definition) is 4. The molecule has 3 rings (SSSR count). The number of rotatable bonds is 2. The lowest BCUT2D eigenvalue weighted by Crippen LogP contribution is -2.13. The highest BCUT2D eigenvalue weighted by Gasteiger charge is 2.25. The summed E-state index contributed by atoms with van der Waals surface area (Å²) in [5.74, 6) is -0.884. The van der Waals surface area contributed by atoms with Gasteiger partial charge in [0.1, 0.15) is 22.8 Å². The molecule has 0 spiro atoms. The van der Waals surface area contributed by atoms with E-state index in [0.717, 1.165) is 0 Å². The molecule has 1 aromatic carbocycles. The zero-order valence-corrected chi connectivity index (χ0v) is 13.8. The molecule has 0 aliphatic rings. The molecular weight excluding hydrogens is 341 g/mol. The van der Waals surface area contributed by atoms with Crippen LogP contribution in [0, 0.1) is 12.7 Å². The Morgan fingerprint density at radius 1 is 1.48 bits per heavy atom. The van der Waals surface area contributed by atoms with Gasteiger partial charge in [0, 0.05) is 18.6 Å². The van der Waals surface area contributed by atoms with Crippen LogP contribution in [0.2, 0.25) is 5.02 Å². The van der Waals surface area contributed by atoms with E-state index in [9.17, 15) is 9.18 Å². The molecule has 1 amide bonds. The molecule has 118 valence electrons. The van der Waals surface area contributed by atoms with Crippen LogP contribution in [0.15, 0.2) is 39.3 Å². The number of amides is 1. The molecule has 23 heavy (non-hydrogen) atoms. The van der Waals surface area contributed by atoms with Crippen LogP contribution >= 0.6 is 22.9 Å². The average molecular weight is 352 g/mol. The first-order chi connectivity index (χ1) is 11.0. The molecule has 0 aliphatic heterocycles. The number of halogens is 2. The van der Waals surface area contributed by atoms with E-state index in [4.69, 9.17) is 16.1 Å². The molecule has 8 heteroatoms. The van der Waals surface area contributed by atoms with Crippen LogP contribution in [0.25, 0.3) is 11.3 Å². The maximum absolute atomic E-state index is 14.1. The number of aryl methyl sites for hydroxylation is 2. The zero-order chi connectivity index (χ0) is 16.6. The number of thiazole rings is 1. The van der Waals surface area contributed by atoms with E-state index in [-0.39, 0.29) is 27.6 Å². The van der Waals surface area contributed by atoms with Gasteiger partial charge in [0.15, 0.2) is 4.80 Å². The van der Waals surface area contributed by atoms with Crippen LogP contribution in [0.4, 0.5) is 4.39 Å². The van der Waals surface area contributed by atoms with Crippen molar-refractivity contribution in [3.63, 3.8) is 0 Å². The predicted octanol–water partition coefficient (Wildman–Crippen LogP) is 3.58. The number of carbonyl (C=O) groups is 1. The molecule has 0 fully saturated rings. The second-order valence-electron chi connectivity index (χ2n) is 4.77. The molecule has 0 radical (unpaired) electrons. The van der Waals surface area contributed by atoms with Crippen LogP contribution in [0.1, 0.15) is 16.1 Å². The first-order valence-electron chi connectivity index (χ1n) is 6.59. The highest BCUT2D eigenvalue weighted by molar-refractivity contribution is 7.07. The van der Waals surface area contributed by atoms with Crippen molar-refractivity contribution < 1.29 is 13.7 Å². The van der Waals surface area contributed by atoms with Gasteiger partial charge in [-0.05, 0) is 19.1 Å². The van der Waals surface area contributed by atoms with Crippen LogP contribution in [0.5, 0.6) is 0 Å². The van der Waals surface area contributed by atoms with E-state index in [1.165, 1.54) is 29.5 Å². The van der Waals surface area contributed by atoms with E-state index < -0.39 is 11.7 Å². The Morgan fingerprint density at radius 2 is 2.26 bits per heavy atom. The van der Waals surface area contributed by atoms with Gasteiger partial charge >= 0.3 is 0 Å². The van der Waals surface area contributed by atoms with Crippen LogP contribution < -0.4 is 4.80 Å². The van der Waals surface area contributed by atoms with Crippen molar-refractivity contribution >= 4 is 28.8 Å². The molecule has 0 unspecified atom stereocenters. The first-order valence-corrected chi connectivity index (χ1v) is 7.84. The zero-order valence-electron chi connectivity index (χ0n) is 12.2. The maximum Gasteiger partial charge on any atom is 0.285 e. The summed E-state index contributed by atoms with van der Waals surface area (Å²) in [5, 5.41) is 5.75. The summed E-state index contributed by atoms with van der Waals surface area (Å²) in [6, 6.07) is 4.25. The molecule has 0 saturated heterocycles.